The average Bonchev–Trinajstić information content (AvgIpc) is 2.41. The number of hydrogen-bond donors (Lipinski definition) is 3. The molecule has 0 aliphatic rings. The fourth-order valence-corrected chi connectivity index (χ4v) is 1.93. The Kier molecular flexibility index (Phi) is 4.70. The Bertz CT molecular complexity index is 562. The highest BCUT2D eigenvalue weighted by molar-refractivity contribution is 9.10. The van der Waals surface area contributed by atoms with Crippen LogP contribution in [0.25, 0.3) is 0 Å². The van der Waals surface area contributed by atoms with E-state index < -0.39 is 0 Å². The summed E-state index contributed by atoms with van der Waals surface area (Å²) in [6, 6.07) is 7.82. The largest absolute Gasteiger partial charge is 0.395 e. The summed E-state index contributed by atoms with van der Waals surface area (Å²) in [5, 5.41) is 15.0. The molecule has 0 aliphatic carbocycles. The van der Waals surface area contributed by atoms with E-state index in [0.717, 1.165) is 15.7 Å². The summed E-state index contributed by atoms with van der Waals surface area (Å²) in [5.74, 6) is 1.39. The van der Waals surface area contributed by atoms with Gasteiger partial charge in [-0.05, 0) is 24.6 Å². The first-order valence-corrected chi connectivity index (χ1v) is 6.68. The second-order valence-corrected chi connectivity index (χ2v) is 4.94. The standard InChI is InChI=1S/C13H15BrN4O/c1-9-2-3-10(14)6-11(9)18-13-7-12(15-4-5-19)16-8-17-13/h2-3,6-8,19H,4-5H2,1H3,(H2,15,16,17,18). The fraction of sp³-hybridized carbons (Fsp3) is 0.231. The molecule has 3 N–H and O–H groups in total. The Morgan fingerprint density at radius 1 is 1.21 bits per heavy atom. The molecule has 0 spiro atoms. The molecule has 0 aliphatic heterocycles. The van der Waals surface area contributed by atoms with Gasteiger partial charge >= 0.3 is 0 Å². The van der Waals surface area contributed by atoms with Gasteiger partial charge in [-0.25, -0.2) is 9.97 Å². The zero-order valence-corrected chi connectivity index (χ0v) is 12.1. The van der Waals surface area contributed by atoms with E-state index in [-0.39, 0.29) is 6.61 Å². The summed E-state index contributed by atoms with van der Waals surface area (Å²) in [4.78, 5) is 8.25. The van der Waals surface area contributed by atoms with Crippen LogP contribution < -0.4 is 10.6 Å². The molecule has 1 aromatic carbocycles. The predicted octanol–water partition coefficient (Wildman–Crippen LogP) is 2.70. The van der Waals surface area contributed by atoms with Crippen molar-refractivity contribution in [1.29, 1.82) is 0 Å². The zero-order chi connectivity index (χ0) is 13.7. The minimum Gasteiger partial charge on any atom is -0.395 e. The molecule has 1 aromatic heterocycles. The van der Waals surface area contributed by atoms with Crippen molar-refractivity contribution in [3.8, 4) is 0 Å². The number of aryl methyl sites for hydroxylation is 1. The van der Waals surface area contributed by atoms with E-state index in [1.807, 2.05) is 25.1 Å². The molecule has 0 fully saturated rings. The number of hydrogen-bond acceptors (Lipinski definition) is 5. The number of rotatable bonds is 5. The molecule has 0 saturated carbocycles. The highest BCUT2D eigenvalue weighted by Gasteiger charge is 2.02. The van der Waals surface area contributed by atoms with Crippen molar-refractivity contribution in [3.63, 3.8) is 0 Å². The van der Waals surface area contributed by atoms with Gasteiger partial charge in [0.15, 0.2) is 0 Å². The van der Waals surface area contributed by atoms with Crippen LogP contribution in [0.2, 0.25) is 0 Å². The number of benzene rings is 1. The number of halogens is 1. The van der Waals surface area contributed by atoms with Crippen molar-refractivity contribution in [2.24, 2.45) is 0 Å². The summed E-state index contributed by atoms with van der Waals surface area (Å²) >= 11 is 3.45. The minimum absolute atomic E-state index is 0.0670. The lowest BCUT2D eigenvalue weighted by atomic mass is 10.2. The summed E-state index contributed by atoms with van der Waals surface area (Å²) < 4.78 is 1.01. The van der Waals surface area contributed by atoms with Crippen LogP contribution >= 0.6 is 15.9 Å². The molecule has 0 amide bonds. The quantitative estimate of drug-likeness (QED) is 0.789. The normalized spacial score (nSPS) is 10.3. The highest BCUT2D eigenvalue weighted by atomic mass is 79.9. The Labute approximate surface area is 120 Å². The van der Waals surface area contributed by atoms with E-state index in [9.17, 15) is 0 Å². The monoisotopic (exact) mass is 322 g/mol. The van der Waals surface area contributed by atoms with E-state index in [1.54, 1.807) is 6.07 Å². The molecule has 0 atom stereocenters. The molecule has 0 saturated heterocycles. The summed E-state index contributed by atoms with van der Waals surface area (Å²) in [7, 11) is 0. The minimum atomic E-state index is 0.0670. The van der Waals surface area contributed by atoms with Crippen molar-refractivity contribution >= 4 is 33.3 Å². The third kappa shape index (κ3) is 3.90. The van der Waals surface area contributed by atoms with Gasteiger partial charge in [-0.2, -0.15) is 0 Å². The lowest BCUT2D eigenvalue weighted by Crippen LogP contribution is -2.07. The molecule has 5 nitrogen and oxygen atoms in total. The second-order valence-electron chi connectivity index (χ2n) is 4.02. The van der Waals surface area contributed by atoms with E-state index >= 15 is 0 Å². The van der Waals surface area contributed by atoms with E-state index in [4.69, 9.17) is 5.11 Å². The summed E-state index contributed by atoms with van der Waals surface area (Å²) in [5.41, 5.74) is 2.12. The molecule has 0 bridgehead atoms. The molecule has 6 heteroatoms. The lowest BCUT2D eigenvalue weighted by molar-refractivity contribution is 0.311. The first-order valence-electron chi connectivity index (χ1n) is 5.89. The first-order chi connectivity index (χ1) is 9.19. The van der Waals surface area contributed by atoms with Crippen LogP contribution in [0.3, 0.4) is 0 Å². The number of aromatic nitrogens is 2. The van der Waals surface area contributed by atoms with Gasteiger partial charge in [0.1, 0.15) is 18.0 Å². The van der Waals surface area contributed by atoms with Crippen molar-refractivity contribution in [3.05, 3.63) is 40.6 Å². The maximum atomic E-state index is 8.77. The second kappa shape index (κ2) is 6.49. The molecular weight excluding hydrogens is 308 g/mol. The van der Waals surface area contributed by atoms with Crippen molar-refractivity contribution in [2.45, 2.75) is 6.92 Å². The Hall–Kier alpha value is -1.66. The van der Waals surface area contributed by atoms with Gasteiger partial charge < -0.3 is 15.7 Å². The van der Waals surface area contributed by atoms with E-state index in [2.05, 4.69) is 36.5 Å². The predicted molar refractivity (Wildman–Crippen MR) is 79.8 cm³/mol. The topological polar surface area (TPSA) is 70.1 Å². The van der Waals surface area contributed by atoms with Gasteiger partial charge in [0.25, 0.3) is 0 Å². The number of nitrogens with zero attached hydrogens (tertiary/aromatic N) is 2. The van der Waals surface area contributed by atoms with E-state index in [0.29, 0.717) is 18.2 Å². The summed E-state index contributed by atoms with van der Waals surface area (Å²) in [6.07, 6.45) is 1.48. The van der Waals surface area contributed by atoms with Gasteiger partial charge in [0.05, 0.1) is 6.61 Å². The molecule has 19 heavy (non-hydrogen) atoms. The number of aliphatic hydroxyl groups excluding tert-OH is 1. The van der Waals surface area contributed by atoms with Crippen LogP contribution in [0.15, 0.2) is 35.1 Å². The molecule has 100 valence electrons. The average molecular weight is 323 g/mol. The van der Waals surface area contributed by atoms with Crippen LogP contribution in [0.5, 0.6) is 0 Å². The van der Waals surface area contributed by atoms with Crippen LogP contribution in [-0.2, 0) is 0 Å². The fourth-order valence-electron chi connectivity index (χ4n) is 1.57. The van der Waals surface area contributed by atoms with Crippen LogP contribution in [-0.4, -0.2) is 28.2 Å². The van der Waals surface area contributed by atoms with Crippen molar-refractivity contribution < 1.29 is 5.11 Å². The molecule has 2 aromatic rings. The van der Waals surface area contributed by atoms with E-state index in [1.165, 1.54) is 6.33 Å². The maximum Gasteiger partial charge on any atom is 0.135 e. The number of anilines is 3. The third-order valence-corrected chi connectivity index (χ3v) is 3.04. The van der Waals surface area contributed by atoms with Crippen LogP contribution in [0.4, 0.5) is 17.3 Å². The van der Waals surface area contributed by atoms with Crippen LogP contribution in [0, 0.1) is 6.92 Å². The molecule has 1 heterocycles. The third-order valence-electron chi connectivity index (χ3n) is 2.55. The summed E-state index contributed by atoms with van der Waals surface area (Å²) in [6.45, 7) is 2.56. The lowest BCUT2D eigenvalue weighted by Gasteiger charge is -2.10. The molecular formula is C13H15BrN4O. The highest BCUT2D eigenvalue weighted by Crippen LogP contribution is 2.24. The Morgan fingerprint density at radius 3 is 2.79 bits per heavy atom. The van der Waals surface area contributed by atoms with Gasteiger partial charge in [-0.15, -0.1) is 0 Å². The van der Waals surface area contributed by atoms with Crippen molar-refractivity contribution in [1.82, 2.24) is 9.97 Å². The molecule has 2 rings (SSSR count). The van der Waals surface area contributed by atoms with Gasteiger partial charge in [-0.3, -0.25) is 0 Å². The Balaban J connectivity index is 2.16. The molecule has 0 unspecified atom stereocenters. The maximum absolute atomic E-state index is 8.77. The smallest absolute Gasteiger partial charge is 0.135 e. The Morgan fingerprint density at radius 2 is 2.00 bits per heavy atom. The zero-order valence-electron chi connectivity index (χ0n) is 10.5. The number of aliphatic hydroxyl groups is 1. The molecule has 0 radical (unpaired) electrons. The van der Waals surface area contributed by atoms with Gasteiger partial charge in [0, 0.05) is 22.8 Å². The van der Waals surface area contributed by atoms with Gasteiger partial charge in [-0.1, -0.05) is 22.0 Å². The number of nitrogens with one attached hydrogen (secondary N) is 2. The van der Waals surface area contributed by atoms with Crippen molar-refractivity contribution in [2.75, 3.05) is 23.8 Å². The first kappa shape index (κ1) is 13.8. The van der Waals surface area contributed by atoms with Crippen LogP contribution in [0.1, 0.15) is 5.56 Å². The van der Waals surface area contributed by atoms with Gasteiger partial charge in [0.2, 0.25) is 0 Å². The SMILES string of the molecule is Cc1ccc(Br)cc1Nc1cc(NCCO)ncn1.